The second kappa shape index (κ2) is 13.2. The van der Waals surface area contributed by atoms with Crippen molar-refractivity contribution in [1.82, 2.24) is 14.7 Å². The molecule has 11 heteroatoms. The molecule has 0 unspecified atom stereocenters. The molecule has 4 heterocycles. The fourth-order valence-corrected chi connectivity index (χ4v) is 8.22. The number of hydrogen-bond acceptors (Lipinski definition) is 5. The summed E-state index contributed by atoms with van der Waals surface area (Å²) < 4.78 is 64.2. The highest BCUT2D eigenvalue weighted by Crippen LogP contribution is 2.45. The van der Waals surface area contributed by atoms with Crippen LogP contribution in [0.1, 0.15) is 87.8 Å². The van der Waals surface area contributed by atoms with Gasteiger partial charge in [-0.3, -0.25) is 14.5 Å². The average Bonchev–Trinajstić information content (AvgIpc) is 3.67. The summed E-state index contributed by atoms with van der Waals surface area (Å²) in [6, 6.07) is 11.4. The molecular formula is C37H48F4N4O3. The number of anilines is 1. The summed E-state index contributed by atoms with van der Waals surface area (Å²) in [4.78, 5) is 34.1. The van der Waals surface area contributed by atoms with Crippen LogP contribution >= 0.6 is 0 Å². The highest BCUT2D eigenvalue weighted by molar-refractivity contribution is 5.87. The van der Waals surface area contributed by atoms with E-state index in [2.05, 4.69) is 0 Å². The molecule has 0 N–H and O–H groups in total. The van der Waals surface area contributed by atoms with Crippen molar-refractivity contribution in [2.24, 2.45) is 0 Å². The maximum Gasteiger partial charge on any atom is 0.416 e. The van der Waals surface area contributed by atoms with Crippen LogP contribution in [0.2, 0.25) is 0 Å². The number of alkyl halides is 4. The molecule has 0 radical (unpaired) electrons. The van der Waals surface area contributed by atoms with Gasteiger partial charge in [-0.25, -0.2) is 4.39 Å². The first kappa shape index (κ1) is 34.5. The molecule has 4 saturated heterocycles. The summed E-state index contributed by atoms with van der Waals surface area (Å²) in [6.45, 7) is 9.04. The molecule has 0 aliphatic carbocycles. The maximum atomic E-state index is 17.3. The lowest BCUT2D eigenvalue weighted by Crippen LogP contribution is -2.53. The Bertz CT molecular complexity index is 1480. The van der Waals surface area contributed by atoms with Gasteiger partial charge in [0.15, 0.2) is 0 Å². The highest BCUT2D eigenvalue weighted by Gasteiger charge is 2.57. The molecule has 4 aliphatic heterocycles. The first-order chi connectivity index (χ1) is 22.7. The Morgan fingerprint density at radius 3 is 2.15 bits per heavy atom. The molecule has 0 aromatic heterocycles. The van der Waals surface area contributed by atoms with Crippen molar-refractivity contribution in [2.45, 2.75) is 94.6 Å². The van der Waals surface area contributed by atoms with Crippen molar-refractivity contribution < 1.29 is 31.9 Å². The van der Waals surface area contributed by atoms with Gasteiger partial charge in [0.25, 0.3) is 5.91 Å². The quantitative estimate of drug-likeness (QED) is 0.323. The van der Waals surface area contributed by atoms with Crippen molar-refractivity contribution in [1.29, 1.82) is 0 Å². The number of carbonyl (C=O) groups excluding carboxylic acids is 2. The molecule has 262 valence electrons. The number of nitrogens with zero attached hydrogens (tertiary/aromatic N) is 4. The third-order valence-corrected chi connectivity index (χ3v) is 11.1. The number of methoxy groups -OCH3 is 1. The van der Waals surface area contributed by atoms with E-state index in [9.17, 15) is 22.8 Å². The number of amides is 2. The van der Waals surface area contributed by atoms with Crippen molar-refractivity contribution >= 4 is 17.5 Å². The standard InChI is InChI=1S/C37H48F4N4O3/c1-35(2,3)44-23-31(26-7-10-29(48-4)11-8-26)36(38,24-44)34(47)43-18-13-25(14-19-43)30-12-9-27(37(39,40)41)22-32(30)42-20-15-28(16-21-42)45-17-5-6-33(45)46/h7-12,22,25,28,31H,5-6,13-21,23-24H2,1-4H3/t31-,36-/m0/s1. The molecule has 2 aromatic rings. The Hall–Kier alpha value is -3.34. The van der Waals surface area contributed by atoms with E-state index >= 15 is 4.39 Å². The third kappa shape index (κ3) is 6.76. The molecule has 2 aromatic carbocycles. The Morgan fingerprint density at radius 1 is 0.917 bits per heavy atom. The van der Waals surface area contributed by atoms with Gasteiger partial charge in [0.2, 0.25) is 11.6 Å². The lowest BCUT2D eigenvalue weighted by atomic mass is 9.83. The van der Waals surface area contributed by atoms with Crippen LogP contribution in [-0.2, 0) is 15.8 Å². The molecule has 4 aliphatic rings. The van der Waals surface area contributed by atoms with Gasteiger partial charge in [-0.2, -0.15) is 13.2 Å². The van der Waals surface area contributed by atoms with E-state index in [0.717, 1.165) is 30.2 Å². The molecule has 0 saturated carbocycles. The SMILES string of the molecule is COc1ccc([C@@H]2CN(C(C)(C)C)C[C@@]2(F)C(=O)N2CCC(c3ccc(C(F)(F)F)cc3N3CCC(N4CCCC4=O)CC3)CC2)cc1. The average molecular weight is 673 g/mol. The van der Waals surface area contributed by atoms with Crippen LogP contribution in [0.4, 0.5) is 23.2 Å². The van der Waals surface area contributed by atoms with Crippen LogP contribution in [0.15, 0.2) is 42.5 Å². The monoisotopic (exact) mass is 672 g/mol. The molecule has 7 nitrogen and oxygen atoms in total. The Morgan fingerprint density at radius 2 is 1.58 bits per heavy atom. The minimum absolute atomic E-state index is 0.00596. The van der Waals surface area contributed by atoms with Crippen LogP contribution in [0.5, 0.6) is 5.75 Å². The van der Waals surface area contributed by atoms with Gasteiger partial charge in [-0.15, -0.1) is 0 Å². The largest absolute Gasteiger partial charge is 0.497 e. The minimum atomic E-state index is -4.47. The van der Waals surface area contributed by atoms with Gasteiger partial charge in [0.05, 0.1) is 12.7 Å². The number of carbonyl (C=O) groups is 2. The number of likely N-dealkylation sites (tertiary alicyclic amines) is 3. The van der Waals surface area contributed by atoms with Gasteiger partial charge in [0.1, 0.15) is 5.75 Å². The van der Waals surface area contributed by atoms with Gasteiger partial charge >= 0.3 is 6.18 Å². The van der Waals surface area contributed by atoms with E-state index in [4.69, 9.17) is 4.74 Å². The molecule has 6 rings (SSSR count). The summed E-state index contributed by atoms with van der Waals surface area (Å²) in [5, 5.41) is 0. The predicted molar refractivity (Wildman–Crippen MR) is 177 cm³/mol. The van der Waals surface area contributed by atoms with Crippen molar-refractivity contribution in [3.8, 4) is 5.75 Å². The van der Waals surface area contributed by atoms with Gasteiger partial charge in [-0.1, -0.05) is 18.2 Å². The third-order valence-electron chi connectivity index (χ3n) is 11.1. The van der Waals surface area contributed by atoms with Crippen molar-refractivity contribution in [2.75, 3.05) is 57.8 Å². The normalized spacial score (nSPS) is 25.3. The van der Waals surface area contributed by atoms with Crippen LogP contribution < -0.4 is 9.64 Å². The van der Waals surface area contributed by atoms with Crippen LogP contribution in [0.25, 0.3) is 0 Å². The second-order valence-corrected chi connectivity index (χ2v) is 15.0. The fourth-order valence-electron chi connectivity index (χ4n) is 8.22. The number of rotatable bonds is 6. The Balaban J connectivity index is 1.19. The van der Waals surface area contributed by atoms with E-state index in [-0.39, 0.29) is 30.0 Å². The zero-order chi connectivity index (χ0) is 34.4. The van der Waals surface area contributed by atoms with Gasteiger partial charge in [-0.05, 0) is 94.2 Å². The fraction of sp³-hybridized carbons (Fsp3) is 0.622. The molecule has 4 fully saturated rings. The molecule has 48 heavy (non-hydrogen) atoms. The van der Waals surface area contributed by atoms with E-state index in [1.54, 1.807) is 30.2 Å². The maximum absolute atomic E-state index is 17.3. The number of halogens is 4. The van der Waals surface area contributed by atoms with Gasteiger partial charge in [0, 0.05) is 75.4 Å². The van der Waals surface area contributed by atoms with E-state index < -0.39 is 29.2 Å². The van der Waals surface area contributed by atoms with Gasteiger partial charge < -0.3 is 19.4 Å². The second-order valence-electron chi connectivity index (χ2n) is 15.0. The molecule has 2 atom stereocenters. The summed E-state index contributed by atoms with van der Waals surface area (Å²) in [5.41, 5.74) is -0.950. The summed E-state index contributed by atoms with van der Waals surface area (Å²) >= 11 is 0. The number of benzene rings is 2. The first-order valence-electron chi connectivity index (χ1n) is 17.3. The van der Waals surface area contributed by atoms with E-state index in [0.29, 0.717) is 76.3 Å². The molecular weight excluding hydrogens is 624 g/mol. The zero-order valence-electron chi connectivity index (χ0n) is 28.5. The lowest BCUT2D eigenvalue weighted by molar-refractivity contribution is -0.145. The molecule has 0 bridgehead atoms. The number of ether oxygens (including phenoxy) is 1. The number of hydrogen-bond donors (Lipinski definition) is 0. The van der Waals surface area contributed by atoms with E-state index in [1.165, 1.54) is 6.07 Å². The molecule has 0 spiro atoms. The first-order valence-corrected chi connectivity index (χ1v) is 17.3. The van der Waals surface area contributed by atoms with Crippen LogP contribution in [-0.4, -0.2) is 96.7 Å². The summed E-state index contributed by atoms with van der Waals surface area (Å²) in [6.07, 6.45) is -0.536. The van der Waals surface area contributed by atoms with Crippen LogP contribution in [0, 0.1) is 0 Å². The van der Waals surface area contributed by atoms with Crippen molar-refractivity contribution in [3.05, 3.63) is 59.2 Å². The topological polar surface area (TPSA) is 56.3 Å². The smallest absolute Gasteiger partial charge is 0.416 e. The predicted octanol–water partition coefficient (Wildman–Crippen LogP) is 6.62. The Labute approximate surface area is 281 Å². The minimum Gasteiger partial charge on any atom is -0.497 e. The van der Waals surface area contributed by atoms with E-state index in [1.807, 2.05) is 47.6 Å². The Kier molecular flexibility index (Phi) is 9.47. The summed E-state index contributed by atoms with van der Waals surface area (Å²) in [7, 11) is 1.58. The molecule has 2 amide bonds. The lowest BCUT2D eigenvalue weighted by Gasteiger charge is -2.41. The van der Waals surface area contributed by atoms with Crippen molar-refractivity contribution in [3.63, 3.8) is 0 Å². The zero-order valence-corrected chi connectivity index (χ0v) is 28.5. The number of piperidine rings is 2. The summed E-state index contributed by atoms with van der Waals surface area (Å²) in [5.74, 6) is -0.390. The van der Waals surface area contributed by atoms with Crippen LogP contribution in [0.3, 0.4) is 0 Å². The highest BCUT2D eigenvalue weighted by atomic mass is 19.4.